The van der Waals surface area contributed by atoms with E-state index in [1.54, 1.807) is 0 Å². The lowest BCUT2D eigenvalue weighted by atomic mass is 10.1. The normalized spacial score (nSPS) is 27.7. The zero-order chi connectivity index (χ0) is 10.8. The number of carbonyl (C=O) groups excluding carboxylic acids is 1. The highest BCUT2D eigenvalue weighted by atomic mass is 32.2. The molecule has 4 heteroatoms. The first-order valence-electron chi connectivity index (χ1n) is 4.95. The van der Waals surface area contributed by atoms with Crippen LogP contribution in [0.4, 0.5) is 4.39 Å². The van der Waals surface area contributed by atoms with Crippen LogP contribution in [0.15, 0.2) is 0 Å². The van der Waals surface area contributed by atoms with Gasteiger partial charge < -0.3 is 5.32 Å². The van der Waals surface area contributed by atoms with Gasteiger partial charge in [0.05, 0.1) is 0 Å². The largest absolute Gasteiger partial charge is 0.352 e. The fourth-order valence-corrected chi connectivity index (χ4v) is 2.70. The molecule has 1 fully saturated rings. The Morgan fingerprint density at radius 2 is 2.29 bits per heavy atom. The van der Waals surface area contributed by atoms with Crippen molar-refractivity contribution in [3.05, 3.63) is 0 Å². The van der Waals surface area contributed by atoms with Crippen LogP contribution in [0.2, 0.25) is 0 Å². The monoisotopic (exact) mass is 219 g/mol. The SMILES string of the molecule is CC1(CNC(=O)C(C)(C)F)CCCS1. The maximum absolute atomic E-state index is 13.2. The van der Waals surface area contributed by atoms with Crippen LogP contribution >= 0.6 is 11.8 Å². The number of carbonyl (C=O) groups is 1. The van der Waals surface area contributed by atoms with Crippen molar-refractivity contribution in [1.82, 2.24) is 5.32 Å². The predicted molar refractivity (Wildman–Crippen MR) is 58.3 cm³/mol. The van der Waals surface area contributed by atoms with E-state index in [4.69, 9.17) is 0 Å². The first-order valence-corrected chi connectivity index (χ1v) is 5.93. The highest BCUT2D eigenvalue weighted by Crippen LogP contribution is 2.37. The van der Waals surface area contributed by atoms with Crippen molar-refractivity contribution >= 4 is 17.7 Å². The van der Waals surface area contributed by atoms with Gasteiger partial charge in [0.25, 0.3) is 5.91 Å². The molecule has 1 aliphatic rings. The van der Waals surface area contributed by atoms with E-state index in [1.165, 1.54) is 20.3 Å². The van der Waals surface area contributed by atoms with Crippen molar-refractivity contribution in [1.29, 1.82) is 0 Å². The van der Waals surface area contributed by atoms with Crippen LogP contribution in [-0.2, 0) is 4.79 Å². The molecule has 1 unspecified atom stereocenters. The maximum Gasteiger partial charge on any atom is 0.257 e. The molecule has 1 N–H and O–H groups in total. The number of hydrogen-bond donors (Lipinski definition) is 1. The summed E-state index contributed by atoms with van der Waals surface area (Å²) < 4.78 is 13.3. The zero-order valence-corrected chi connectivity index (χ0v) is 9.84. The van der Waals surface area contributed by atoms with E-state index in [2.05, 4.69) is 12.2 Å². The highest BCUT2D eigenvalue weighted by molar-refractivity contribution is 8.00. The summed E-state index contributed by atoms with van der Waals surface area (Å²) in [6.07, 6.45) is 2.29. The Kier molecular flexibility index (Phi) is 3.45. The molecule has 1 amide bonds. The van der Waals surface area contributed by atoms with Crippen molar-refractivity contribution in [2.24, 2.45) is 0 Å². The van der Waals surface area contributed by atoms with Crippen molar-refractivity contribution in [3.63, 3.8) is 0 Å². The smallest absolute Gasteiger partial charge is 0.257 e. The van der Waals surface area contributed by atoms with Crippen molar-refractivity contribution in [3.8, 4) is 0 Å². The standard InChI is InChI=1S/C10H18FNOS/c1-9(2,11)8(13)12-7-10(3)5-4-6-14-10/h4-7H2,1-3H3,(H,12,13). The Morgan fingerprint density at radius 1 is 1.64 bits per heavy atom. The summed E-state index contributed by atoms with van der Waals surface area (Å²) in [6, 6.07) is 0. The number of nitrogens with one attached hydrogen (secondary N) is 1. The molecule has 1 aliphatic heterocycles. The molecule has 0 radical (unpaired) electrons. The van der Waals surface area contributed by atoms with Gasteiger partial charge in [-0.3, -0.25) is 4.79 Å². The van der Waals surface area contributed by atoms with Gasteiger partial charge in [0.15, 0.2) is 5.67 Å². The molecule has 1 rings (SSSR count). The maximum atomic E-state index is 13.2. The molecule has 0 saturated carbocycles. The molecular weight excluding hydrogens is 201 g/mol. The molecule has 0 bridgehead atoms. The first kappa shape index (κ1) is 11.8. The van der Waals surface area contributed by atoms with Gasteiger partial charge in [0.2, 0.25) is 0 Å². The van der Waals surface area contributed by atoms with Crippen LogP contribution < -0.4 is 5.32 Å². The van der Waals surface area contributed by atoms with Crippen LogP contribution in [0, 0.1) is 0 Å². The number of alkyl halides is 1. The van der Waals surface area contributed by atoms with Gasteiger partial charge in [0, 0.05) is 11.3 Å². The summed E-state index contributed by atoms with van der Waals surface area (Å²) in [5, 5.41) is 2.67. The van der Waals surface area contributed by atoms with Crippen LogP contribution in [0.5, 0.6) is 0 Å². The Bertz CT molecular complexity index is 219. The minimum Gasteiger partial charge on any atom is -0.352 e. The second-order valence-electron chi connectivity index (χ2n) is 4.56. The number of rotatable bonds is 3. The van der Waals surface area contributed by atoms with E-state index in [-0.39, 0.29) is 4.75 Å². The fraction of sp³-hybridized carbons (Fsp3) is 0.900. The molecule has 0 aromatic carbocycles. The summed E-state index contributed by atoms with van der Waals surface area (Å²) >= 11 is 1.86. The lowest BCUT2D eigenvalue weighted by molar-refractivity contribution is -0.130. The Hall–Kier alpha value is -0.250. The van der Waals surface area contributed by atoms with Crippen molar-refractivity contribution < 1.29 is 9.18 Å². The second-order valence-corrected chi connectivity index (χ2v) is 6.24. The number of thioether (sulfide) groups is 1. The Morgan fingerprint density at radius 3 is 2.71 bits per heavy atom. The van der Waals surface area contributed by atoms with E-state index >= 15 is 0 Å². The van der Waals surface area contributed by atoms with Gasteiger partial charge >= 0.3 is 0 Å². The van der Waals surface area contributed by atoms with Gasteiger partial charge in [-0.2, -0.15) is 11.8 Å². The minimum absolute atomic E-state index is 0.112. The van der Waals surface area contributed by atoms with Crippen LogP contribution in [0.3, 0.4) is 0 Å². The van der Waals surface area contributed by atoms with E-state index < -0.39 is 11.6 Å². The van der Waals surface area contributed by atoms with Crippen molar-refractivity contribution in [2.45, 2.75) is 44.0 Å². The Balaban J connectivity index is 2.37. The van der Waals surface area contributed by atoms with E-state index in [9.17, 15) is 9.18 Å². The van der Waals surface area contributed by atoms with Gasteiger partial charge in [-0.05, 0) is 39.4 Å². The van der Waals surface area contributed by atoms with Crippen LogP contribution in [0.1, 0.15) is 33.6 Å². The van der Waals surface area contributed by atoms with Crippen molar-refractivity contribution in [2.75, 3.05) is 12.3 Å². The van der Waals surface area contributed by atoms with Gasteiger partial charge in [-0.25, -0.2) is 4.39 Å². The lowest BCUT2D eigenvalue weighted by Crippen LogP contribution is -2.44. The summed E-state index contributed by atoms with van der Waals surface area (Å²) in [5.74, 6) is 0.636. The lowest BCUT2D eigenvalue weighted by Gasteiger charge is -2.24. The number of amides is 1. The summed E-state index contributed by atoms with van der Waals surface area (Å²) in [7, 11) is 0. The third-order valence-electron chi connectivity index (χ3n) is 2.46. The average Bonchev–Trinajstić information content (AvgIpc) is 2.47. The molecule has 0 aliphatic carbocycles. The molecule has 1 atom stereocenters. The molecule has 0 spiro atoms. The molecule has 1 heterocycles. The summed E-state index contributed by atoms with van der Waals surface area (Å²) in [6.45, 7) is 5.26. The van der Waals surface area contributed by atoms with Crippen LogP contribution in [0.25, 0.3) is 0 Å². The Labute approximate surface area is 89.0 Å². The van der Waals surface area contributed by atoms with Gasteiger partial charge in [0.1, 0.15) is 0 Å². The fourth-order valence-electron chi connectivity index (χ4n) is 1.45. The number of hydrogen-bond acceptors (Lipinski definition) is 2. The van der Waals surface area contributed by atoms with Crippen LogP contribution in [-0.4, -0.2) is 28.6 Å². The molecule has 2 nitrogen and oxygen atoms in total. The first-order chi connectivity index (χ1) is 6.33. The molecule has 0 aromatic rings. The van der Waals surface area contributed by atoms with Gasteiger partial charge in [-0.1, -0.05) is 0 Å². The molecule has 82 valence electrons. The molecular formula is C10H18FNOS. The van der Waals surface area contributed by atoms with E-state index in [0.717, 1.165) is 12.2 Å². The number of halogens is 1. The molecule has 0 aromatic heterocycles. The highest BCUT2D eigenvalue weighted by Gasteiger charge is 2.32. The van der Waals surface area contributed by atoms with E-state index in [0.29, 0.717) is 6.54 Å². The summed E-state index contributed by atoms with van der Waals surface area (Å²) in [5.41, 5.74) is -1.76. The van der Waals surface area contributed by atoms with E-state index in [1.807, 2.05) is 11.8 Å². The molecule has 14 heavy (non-hydrogen) atoms. The zero-order valence-electron chi connectivity index (χ0n) is 9.02. The topological polar surface area (TPSA) is 29.1 Å². The average molecular weight is 219 g/mol. The van der Waals surface area contributed by atoms with Gasteiger partial charge in [-0.15, -0.1) is 0 Å². The minimum atomic E-state index is -1.76. The third kappa shape index (κ3) is 3.15. The quantitative estimate of drug-likeness (QED) is 0.788. The molecule has 1 saturated heterocycles. The predicted octanol–water partition coefficient (Wildman–Crippen LogP) is 2.14. The summed E-state index contributed by atoms with van der Waals surface area (Å²) in [4.78, 5) is 11.3. The second kappa shape index (κ2) is 4.09. The third-order valence-corrected chi connectivity index (χ3v) is 4.00.